The lowest BCUT2D eigenvalue weighted by Gasteiger charge is -2.23. The van der Waals surface area contributed by atoms with Gasteiger partial charge in [0.15, 0.2) is 5.78 Å². The smallest absolute Gasteiger partial charge is 0.271 e. The molecule has 1 aromatic heterocycles. The van der Waals surface area contributed by atoms with Crippen molar-refractivity contribution in [1.82, 2.24) is 4.98 Å². The molecule has 2 aromatic rings. The number of nitro benzene ring substituents is 1. The van der Waals surface area contributed by atoms with Gasteiger partial charge in [-0.3, -0.25) is 14.9 Å². The molecule has 0 amide bonds. The molecule has 1 aliphatic carbocycles. The number of carbonyl (C=O) groups excluding carboxylic acids is 1. The van der Waals surface area contributed by atoms with E-state index in [1.165, 1.54) is 12.1 Å². The quantitative estimate of drug-likeness (QED) is 0.512. The van der Waals surface area contributed by atoms with Crippen LogP contribution in [0, 0.1) is 16.0 Å². The predicted octanol–water partition coefficient (Wildman–Crippen LogP) is 3.06. The molecule has 0 unspecified atom stereocenters. The summed E-state index contributed by atoms with van der Waals surface area (Å²) in [5, 5.41) is 11.4. The molecule has 18 heavy (non-hydrogen) atoms. The maximum Gasteiger partial charge on any atom is 0.271 e. The average molecular weight is 244 g/mol. The van der Waals surface area contributed by atoms with E-state index in [4.69, 9.17) is 0 Å². The number of H-pyrrole nitrogens is 1. The molecule has 5 heteroatoms. The van der Waals surface area contributed by atoms with Gasteiger partial charge in [-0.2, -0.15) is 0 Å². The van der Waals surface area contributed by atoms with Gasteiger partial charge < -0.3 is 4.98 Å². The van der Waals surface area contributed by atoms with Gasteiger partial charge in [0.05, 0.1) is 10.4 Å². The molecule has 1 N–H and O–H groups in total. The number of carbonyl (C=O) groups is 1. The number of non-ortho nitro benzene ring substituents is 1. The van der Waals surface area contributed by atoms with Gasteiger partial charge in [0.25, 0.3) is 5.69 Å². The second-order valence-corrected chi connectivity index (χ2v) is 4.68. The molecule has 1 aromatic carbocycles. The molecule has 0 radical (unpaired) electrons. The summed E-state index contributed by atoms with van der Waals surface area (Å²) in [6.45, 7) is 0. The molecule has 0 atom stereocenters. The summed E-state index contributed by atoms with van der Waals surface area (Å²) in [4.78, 5) is 25.3. The van der Waals surface area contributed by atoms with Crippen molar-refractivity contribution in [2.24, 2.45) is 5.92 Å². The third-order valence-corrected chi connectivity index (χ3v) is 3.62. The molecule has 1 heterocycles. The Kier molecular flexibility index (Phi) is 2.40. The monoisotopic (exact) mass is 244 g/mol. The number of nitrogens with one attached hydrogen (secondary N) is 1. The van der Waals surface area contributed by atoms with E-state index in [1.54, 1.807) is 12.3 Å². The maximum absolute atomic E-state index is 12.2. The number of nitrogens with zero attached hydrogens (tertiary/aromatic N) is 1. The fourth-order valence-electron chi connectivity index (χ4n) is 2.32. The number of Topliss-reactive ketones (excluding diaryl/α,β-unsaturated/α-hetero) is 1. The van der Waals surface area contributed by atoms with Crippen molar-refractivity contribution < 1.29 is 9.72 Å². The van der Waals surface area contributed by atoms with Crippen LogP contribution in [0.25, 0.3) is 10.9 Å². The minimum absolute atomic E-state index is 0.0343. The van der Waals surface area contributed by atoms with Gasteiger partial charge in [-0.15, -0.1) is 0 Å². The lowest BCUT2D eigenvalue weighted by molar-refractivity contribution is -0.384. The van der Waals surface area contributed by atoms with Crippen LogP contribution in [0.5, 0.6) is 0 Å². The van der Waals surface area contributed by atoms with Crippen LogP contribution in [-0.2, 0) is 0 Å². The Morgan fingerprint density at radius 3 is 2.78 bits per heavy atom. The van der Waals surface area contributed by atoms with Gasteiger partial charge in [0.2, 0.25) is 0 Å². The summed E-state index contributed by atoms with van der Waals surface area (Å²) < 4.78 is 0. The van der Waals surface area contributed by atoms with Crippen LogP contribution < -0.4 is 0 Å². The second kappa shape index (κ2) is 3.94. The first-order valence-electron chi connectivity index (χ1n) is 5.96. The normalized spacial score (nSPS) is 15.6. The lowest BCUT2D eigenvalue weighted by atomic mass is 9.80. The Morgan fingerprint density at radius 1 is 1.39 bits per heavy atom. The molecule has 0 aliphatic heterocycles. The van der Waals surface area contributed by atoms with Crippen LogP contribution in [0.15, 0.2) is 24.4 Å². The third-order valence-electron chi connectivity index (χ3n) is 3.62. The standard InChI is InChI=1S/C13H12N2O3/c16-13(8-2-1-3-8)11-7-14-12-6-9(15(17)18)4-5-10(11)12/h4-8,14H,1-3H2. The zero-order chi connectivity index (χ0) is 12.7. The summed E-state index contributed by atoms with van der Waals surface area (Å²) in [6, 6.07) is 4.55. The van der Waals surface area contributed by atoms with Crippen LogP contribution in [-0.4, -0.2) is 15.7 Å². The predicted molar refractivity (Wildman–Crippen MR) is 66.6 cm³/mol. The lowest BCUT2D eigenvalue weighted by Crippen LogP contribution is -2.21. The maximum atomic E-state index is 12.2. The van der Waals surface area contributed by atoms with Gasteiger partial charge in [0.1, 0.15) is 0 Å². The number of aromatic amines is 1. The van der Waals surface area contributed by atoms with Gasteiger partial charge in [-0.05, 0) is 18.9 Å². The van der Waals surface area contributed by atoms with E-state index >= 15 is 0 Å². The van der Waals surface area contributed by atoms with E-state index in [-0.39, 0.29) is 17.4 Å². The van der Waals surface area contributed by atoms with E-state index in [0.29, 0.717) is 11.1 Å². The van der Waals surface area contributed by atoms with Crippen molar-refractivity contribution >= 4 is 22.4 Å². The summed E-state index contributed by atoms with van der Waals surface area (Å²) in [7, 11) is 0. The molecule has 1 aliphatic rings. The second-order valence-electron chi connectivity index (χ2n) is 4.68. The molecule has 0 saturated heterocycles. The highest BCUT2D eigenvalue weighted by atomic mass is 16.6. The highest BCUT2D eigenvalue weighted by molar-refractivity contribution is 6.09. The Labute approximate surface area is 103 Å². The molecule has 92 valence electrons. The third kappa shape index (κ3) is 1.59. The first kappa shape index (κ1) is 11.0. The van der Waals surface area contributed by atoms with Crippen molar-refractivity contribution in [3.8, 4) is 0 Å². The van der Waals surface area contributed by atoms with E-state index in [9.17, 15) is 14.9 Å². The Balaban J connectivity index is 2.04. The average Bonchev–Trinajstić information content (AvgIpc) is 2.68. The largest absolute Gasteiger partial charge is 0.360 e. The zero-order valence-corrected chi connectivity index (χ0v) is 9.68. The number of hydrogen-bond donors (Lipinski definition) is 1. The zero-order valence-electron chi connectivity index (χ0n) is 9.68. The summed E-state index contributed by atoms with van der Waals surface area (Å²) in [6.07, 6.45) is 4.69. The topological polar surface area (TPSA) is 76.0 Å². The Hall–Kier alpha value is -2.17. The summed E-state index contributed by atoms with van der Waals surface area (Å²) >= 11 is 0. The van der Waals surface area contributed by atoms with Crippen LogP contribution in [0.2, 0.25) is 0 Å². The highest BCUT2D eigenvalue weighted by Gasteiger charge is 2.28. The van der Waals surface area contributed by atoms with E-state index in [0.717, 1.165) is 24.6 Å². The first-order valence-corrected chi connectivity index (χ1v) is 5.96. The summed E-state index contributed by atoms with van der Waals surface area (Å²) in [5.41, 5.74) is 1.34. The number of nitro groups is 1. The highest BCUT2D eigenvalue weighted by Crippen LogP contribution is 2.32. The van der Waals surface area contributed by atoms with Crippen LogP contribution >= 0.6 is 0 Å². The SMILES string of the molecule is O=C(c1c[nH]c2cc([N+](=O)[O-])ccc12)C1CCC1. The van der Waals surface area contributed by atoms with E-state index in [2.05, 4.69) is 4.98 Å². The van der Waals surface area contributed by atoms with Crippen LogP contribution in [0.3, 0.4) is 0 Å². The fraction of sp³-hybridized carbons (Fsp3) is 0.308. The number of fused-ring (bicyclic) bond motifs is 1. The van der Waals surface area contributed by atoms with Gasteiger partial charge in [-0.25, -0.2) is 0 Å². The van der Waals surface area contributed by atoms with Crippen LogP contribution in [0.4, 0.5) is 5.69 Å². The summed E-state index contributed by atoms with van der Waals surface area (Å²) in [5.74, 6) is 0.292. The Morgan fingerprint density at radius 2 is 2.17 bits per heavy atom. The first-order chi connectivity index (χ1) is 8.66. The van der Waals surface area contributed by atoms with Crippen molar-refractivity contribution in [2.45, 2.75) is 19.3 Å². The minimum atomic E-state index is -0.437. The molecule has 1 saturated carbocycles. The number of rotatable bonds is 3. The van der Waals surface area contributed by atoms with Gasteiger partial charge in [0, 0.05) is 35.2 Å². The molecular weight excluding hydrogens is 232 g/mol. The molecule has 0 bridgehead atoms. The molecule has 3 rings (SSSR count). The van der Waals surface area contributed by atoms with Crippen molar-refractivity contribution in [3.05, 3.63) is 40.1 Å². The minimum Gasteiger partial charge on any atom is -0.360 e. The number of hydrogen-bond acceptors (Lipinski definition) is 3. The van der Waals surface area contributed by atoms with Gasteiger partial charge >= 0.3 is 0 Å². The van der Waals surface area contributed by atoms with E-state index in [1.807, 2.05) is 0 Å². The molecule has 5 nitrogen and oxygen atoms in total. The molecular formula is C13H12N2O3. The number of ketones is 1. The van der Waals surface area contributed by atoms with Crippen molar-refractivity contribution in [3.63, 3.8) is 0 Å². The van der Waals surface area contributed by atoms with E-state index < -0.39 is 4.92 Å². The van der Waals surface area contributed by atoms with Crippen molar-refractivity contribution in [1.29, 1.82) is 0 Å². The Bertz CT molecular complexity index is 641. The molecule has 1 fully saturated rings. The van der Waals surface area contributed by atoms with Crippen molar-refractivity contribution in [2.75, 3.05) is 0 Å². The number of benzene rings is 1. The fourth-order valence-corrected chi connectivity index (χ4v) is 2.32. The molecule has 0 spiro atoms. The number of aromatic nitrogens is 1. The van der Waals surface area contributed by atoms with Gasteiger partial charge in [-0.1, -0.05) is 6.42 Å². The van der Waals surface area contributed by atoms with Crippen LogP contribution in [0.1, 0.15) is 29.6 Å².